The smallest absolute Gasteiger partial charge is 0.147 e. The lowest BCUT2D eigenvalue weighted by molar-refractivity contribution is 0.647. The first-order valence-corrected chi connectivity index (χ1v) is 7.26. The maximum absolute atomic E-state index is 8.86. The molecule has 4 nitrogen and oxygen atoms in total. The monoisotopic (exact) mass is 298 g/mol. The van der Waals surface area contributed by atoms with Gasteiger partial charge in [-0.3, -0.25) is 0 Å². The Hall–Kier alpha value is -2.25. The number of piperazine rings is 1. The maximum Gasteiger partial charge on any atom is 0.147 e. The van der Waals surface area contributed by atoms with E-state index >= 15 is 0 Å². The molecular weight excluding hydrogens is 284 g/mol. The zero-order valence-electron chi connectivity index (χ0n) is 11.5. The lowest BCUT2D eigenvalue weighted by Gasteiger charge is -2.37. The van der Waals surface area contributed by atoms with Gasteiger partial charge in [0.15, 0.2) is 0 Å². The van der Waals surface area contributed by atoms with Gasteiger partial charge in [-0.05, 0) is 18.2 Å². The van der Waals surface area contributed by atoms with E-state index in [4.69, 9.17) is 16.9 Å². The van der Waals surface area contributed by atoms with E-state index in [2.05, 4.69) is 45.1 Å². The summed E-state index contributed by atoms with van der Waals surface area (Å²) in [4.78, 5) is 8.85. The minimum atomic E-state index is 0.492. The van der Waals surface area contributed by atoms with Crippen LogP contribution in [0.25, 0.3) is 0 Å². The van der Waals surface area contributed by atoms with E-state index in [0.29, 0.717) is 10.6 Å². The molecule has 0 bridgehead atoms. The molecule has 21 heavy (non-hydrogen) atoms. The Bertz CT molecular complexity index is 658. The van der Waals surface area contributed by atoms with Crippen molar-refractivity contribution in [3.05, 3.63) is 53.2 Å². The fraction of sp³-hybridized carbons (Fsp3) is 0.250. The second-order valence-electron chi connectivity index (χ2n) is 4.95. The first-order chi connectivity index (χ1) is 10.3. The Kier molecular flexibility index (Phi) is 3.94. The number of hydrogen-bond donors (Lipinski definition) is 0. The quantitative estimate of drug-likeness (QED) is 0.855. The number of benzene rings is 1. The molecule has 1 aromatic carbocycles. The number of anilines is 2. The van der Waals surface area contributed by atoms with E-state index in [9.17, 15) is 0 Å². The van der Waals surface area contributed by atoms with Crippen LogP contribution >= 0.6 is 11.6 Å². The number of nitriles is 1. The molecule has 0 atom stereocenters. The molecule has 0 saturated carbocycles. The van der Waals surface area contributed by atoms with Gasteiger partial charge >= 0.3 is 0 Å². The zero-order chi connectivity index (χ0) is 14.7. The van der Waals surface area contributed by atoms with Gasteiger partial charge in [-0.25, -0.2) is 4.98 Å². The first kappa shape index (κ1) is 13.7. The molecule has 0 aliphatic carbocycles. The van der Waals surface area contributed by atoms with Crippen LogP contribution in [0.3, 0.4) is 0 Å². The highest BCUT2D eigenvalue weighted by Crippen LogP contribution is 2.26. The molecule has 0 spiro atoms. The van der Waals surface area contributed by atoms with Crippen LogP contribution in [0.4, 0.5) is 11.5 Å². The molecule has 1 aliphatic rings. The van der Waals surface area contributed by atoms with Crippen LogP contribution in [0.1, 0.15) is 5.56 Å². The highest BCUT2D eigenvalue weighted by atomic mass is 35.5. The Morgan fingerprint density at radius 2 is 1.71 bits per heavy atom. The van der Waals surface area contributed by atoms with E-state index in [1.165, 1.54) is 5.69 Å². The average molecular weight is 299 g/mol. The number of aromatic nitrogens is 1. The van der Waals surface area contributed by atoms with Crippen molar-refractivity contribution in [2.45, 2.75) is 0 Å². The van der Waals surface area contributed by atoms with E-state index in [1.807, 2.05) is 6.07 Å². The van der Waals surface area contributed by atoms with Gasteiger partial charge < -0.3 is 9.80 Å². The number of nitrogens with zero attached hydrogens (tertiary/aromatic N) is 4. The number of para-hydroxylation sites is 1. The van der Waals surface area contributed by atoms with E-state index in [0.717, 1.165) is 32.0 Å². The fourth-order valence-electron chi connectivity index (χ4n) is 2.54. The third-order valence-electron chi connectivity index (χ3n) is 3.65. The first-order valence-electron chi connectivity index (χ1n) is 6.88. The van der Waals surface area contributed by atoms with Crippen LogP contribution in [0.2, 0.25) is 5.02 Å². The van der Waals surface area contributed by atoms with E-state index in [1.54, 1.807) is 12.3 Å². The predicted molar refractivity (Wildman–Crippen MR) is 84.8 cm³/mol. The Morgan fingerprint density at radius 1 is 1.05 bits per heavy atom. The molecule has 3 rings (SSSR count). The third kappa shape index (κ3) is 2.93. The minimum Gasteiger partial charge on any atom is -0.368 e. The van der Waals surface area contributed by atoms with Crippen LogP contribution in [0.5, 0.6) is 0 Å². The third-order valence-corrected chi connectivity index (χ3v) is 3.93. The number of rotatable bonds is 2. The molecule has 1 saturated heterocycles. The average Bonchev–Trinajstić information content (AvgIpc) is 2.56. The van der Waals surface area contributed by atoms with Gasteiger partial charge in [0.25, 0.3) is 0 Å². The SMILES string of the molecule is N#Cc1cnc(N2CCN(c3ccccc3)CC2)c(Cl)c1. The Morgan fingerprint density at radius 3 is 2.33 bits per heavy atom. The van der Waals surface area contributed by atoms with Gasteiger partial charge in [0.1, 0.15) is 11.9 Å². The number of halogens is 1. The minimum absolute atomic E-state index is 0.492. The lowest BCUT2D eigenvalue weighted by Crippen LogP contribution is -2.46. The zero-order valence-corrected chi connectivity index (χ0v) is 12.3. The van der Waals surface area contributed by atoms with Crippen LogP contribution in [-0.2, 0) is 0 Å². The molecule has 1 aromatic heterocycles. The van der Waals surface area contributed by atoms with Gasteiger partial charge in [0.05, 0.1) is 10.6 Å². The standard InChI is InChI=1S/C16H15ClN4/c17-15-10-13(11-18)12-19-16(15)21-8-6-20(7-9-21)14-4-2-1-3-5-14/h1-5,10,12H,6-9H2. The topological polar surface area (TPSA) is 43.2 Å². The second kappa shape index (κ2) is 6.02. The summed E-state index contributed by atoms with van der Waals surface area (Å²) in [6.45, 7) is 3.60. The Balaban J connectivity index is 1.70. The van der Waals surface area contributed by atoms with Crippen molar-refractivity contribution in [1.82, 2.24) is 4.98 Å². The summed E-state index contributed by atoms with van der Waals surface area (Å²) in [5.41, 5.74) is 1.74. The molecule has 2 aromatic rings. The number of pyridine rings is 1. The summed E-state index contributed by atoms with van der Waals surface area (Å²) in [5.74, 6) is 0.767. The van der Waals surface area contributed by atoms with Gasteiger partial charge in [0.2, 0.25) is 0 Å². The number of hydrogen-bond acceptors (Lipinski definition) is 4. The van der Waals surface area contributed by atoms with Crippen molar-refractivity contribution in [3.63, 3.8) is 0 Å². The summed E-state index contributed by atoms with van der Waals surface area (Å²) in [6, 6.07) is 14.1. The predicted octanol–water partition coefficient (Wildman–Crippen LogP) is 2.93. The molecule has 0 amide bonds. The van der Waals surface area contributed by atoms with Crippen molar-refractivity contribution in [1.29, 1.82) is 5.26 Å². The molecular formula is C16H15ClN4. The summed E-state index contributed by atoms with van der Waals surface area (Å²) in [5, 5.41) is 9.40. The van der Waals surface area contributed by atoms with Crippen molar-refractivity contribution < 1.29 is 0 Å². The van der Waals surface area contributed by atoms with Crippen LogP contribution < -0.4 is 9.80 Å². The van der Waals surface area contributed by atoms with Gasteiger partial charge in [-0.2, -0.15) is 5.26 Å². The molecule has 5 heteroatoms. The van der Waals surface area contributed by atoms with Crippen molar-refractivity contribution in [3.8, 4) is 6.07 Å². The molecule has 2 heterocycles. The van der Waals surface area contributed by atoms with Gasteiger partial charge in [-0.1, -0.05) is 29.8 Å². The molecule has 1 fully saturated rings. The Labute approximate surface area is 129 Å². The highest BCUT2D eigenvalue weighted by Gasteiger charge is 2.20. The summed E-state index contributed by atoms with van der Waals surface area (Å²) in [7, 11) is 0. The largest absolute Gasteiger partial charge is 0.368 e. The fourth-order valence-corrected chi connectivity index (χ4v) is 2.83. The van der Waals surface area contributed by atoms with Crippen LogP contribution in [-0.4, -0.2) is 31.2 Å². The van der Waals surface area contributed by atoms with E-state index in [-0.39, 0.29) is 0 Å². The molecule has 106 valence electrons. The molecule has 1 aliphatic heterocycles. The van der Waals surface area contributed by atoms with Crippen molar-refractivity contribution >= 4 is 23.1 Å². The van der Waals surface area contributed by atoms with E-state index < -0.39 is 0 Å². The van der Waals surface area contributed by atoms with Crippen LogP contribution in [0, 0.1) is 11.3 Å². The van der Waals surface area contributed by atoms with Crippen molar-refractivity contribution in [2.75, 3.05) is 36.0 Å². The van der Waals surface area contributed by atoms with Gasteiger partial charge in [-0.15, -0.1) is 0 Å². The maximum atomic E-state index is 8.86. The lowest BCUT2D eigenvalue weighted by atomic mass is 10.2. The molecule has 0 radical (unpaired) electrons. The van der Waals surface area contributed by atoms with Crippen LogP contribution in [0.15, 0.2) is 42.6 Å². The summed E-state index contributed by atoms with van der Waals surface area (Å²) < 4.78 is 0. The molecule has 0 unspecified atom stereocenters. The van der Waals surface area contributed by atoms with Crippen molar-refractivity contribution in [2.24, 2.45) is 0 Å². The normalized spacial score (nSPS) is 14.9. The summed E-state index contributed by atoms with van der Waals surface area (Å²) >= 11 is 6.23. The van der Waals surface area contributed by atoms with Gasteiger partial charge in [0, 0.05) is 38.1 Å². The second-order valence-corrected chi connectivity index (χ2v) is 5.36. The highest BCUT2D eigenvalue weighted by molar-refractivity contribution is 6.33. The summed E-state index contributed by atoms with van der Waals surface area (Å²) in [6.07, 6.45) is 1.57. The molecule has 0 N–H and O–H groups in total.